The predicted octanol–water partition coefficient (Wildman–Crippen LogP) is 1.31. The minimum Gasteiger partial charge on any atom is -0.480 e. The van der Waals surface area contributed by atoms with E-state index in [2.05, 4.69) is 6.58 Å². The first kappa shape index (κ1) is 10.9. The molecular weight excluding hydrogens is 154 g/mol. The van der Waals surface area contributed by atoms with Gasteiger partial charge in [-0.05, 0) is 19.8 Å². The van der Waals surface area contributed by atoms with Crippen molar-refractivity contribution in [2.45, 2.75) is 25.8 Å². The second kappa shape index (κ2) is 5.55. The number of hydrogen-bond donors (Lipinski definition) is 2. The topological polar surface area (TPSA) is 63.3 Å². The SMILES string of the molecule is C=CC(=CC)CCC(N)C(=O)O. The van der Waals surface area contributed by atoms with Crippen LogP contribution in [0.3, 0.4) is 0 Å². The molecule has 0 aliphatic rings. The molecule has 0 rings (SSSR count). The fourth-order valence-corrected chi connectivity index (χ4v) is 0.810. The van der Waals surface area contributed by atoms with Gasteiger partial charge in [-0.1, -0.05) is 24.3 Å². The zero-order valence-corrected chi connectivity index (χ0v) is 7.29. The Bertz CT molecular complexity index is 197. The van der Waals surface area contributed by atoms with Crippen LogP contribution in [0.1, 0.15) is 19.8 Å². The molecule has 68 valence electrons. The third-order valence-electron chi connectivity index (χ3n) is 1.69. The maximum absolute atomic E-state index is 10.3. The Kier molecular flexibility index (Phi) is 5.04. The van der Waals surface area contributed by atoms with E-state index >= 15 is 0 Å². The molecule has 0 fully saturated rings. The molecule has 1 atom stereocenters. The van der Waals surface area contributed by atoms with Gasteiger partial charge in [-0.3, -0.25) is 4.79 Å². The molecule has 0 aromatic rings. The van der Waals surface area contributed by atoms with E-state index < -0.39 is 12.0 Å². The molecule has 0 spiro atoms. The quantitative estimate of drug-likeness (QED) is 0.610. The lowest BCUT2D eigenvalue weighted by molar-refractivity contribution is -0.138. The van der Waals surface area contributed by atoms with E-state index in [0.717, 1.165) is 5.57 Å². The number of carbonyl (C=O) groups is 1. The maximum Gasteiger partial charge on any atom is 0.320 e. The lowest BCUT2D eigenvalue weighted by atomic mass is 10.1. The highest BCUT2D eigenvalue weighted by molar-refractivity contribution is 5.73. The molecule has 1 unspecified atom stereocenters. The Morgan fingerprint density at radius 1 is 1.75 bits per heavy atom. The van der Waals surface area contributed by atoms with E-state index in [1.54, 1.807) is 6.08 Å². The first-order chi connectivity index (χ1) is 5.61. The molecule has 3 heteroatoms. The van der Waals surface area contributed by atoms with Crippen molar-refractivity contribution in [3.05, 3.63) is 24.3 Å². The van der Waals surface area contributed by atoms with Crippen LogP contribution < -0.4 is 5.73 Å². The van der Waals surface area contributed by atoms with Crippen molar-refractivity contribution in [3.8, 4) is 0 Å². The highest BCUT2D eigenvalue weighted by Crippen LogP contribution is 2.07. The summed E-state index contributed by atoms with van der Waals surface area (Å²) in [5.41, 5.74) is 6.35. The molecule has 0 bridgehead atoms. The van der Waals surface area contributed by atoms with E-state index in [-0.39, 0.29) is 0 Å². The van der Waals surface area contributed by atoms with Gasteiger partial charge in [0.2, 0.25) is 0 Å². The van der Waals surface area contributed by atoms with Crippen LogP contribution in [0.4, 0.5) is 0 Å². The van der Waals surface area contributed by atoms with E-state index in [4.69, 9.17) is 10.8 Å². The van der Waals surface area contributed by atoms with Crippen molar-refractivity contribution in [3.63, 3.8) is 0 Å². The Labute approximate surface area is 72.6 Å². The number of aliphatic carboxylic acids is 1. The van der Waals surface area contributed by atoms with Crippen LogP contribution in [0.5, 0.6) is 0 Å². The molecule has 0 aromatic heterocycles. The minimum atomic E-state index is -0.950. The lowest BCUT2D eigenvalue weighted by Crippen LogP contribution is -2.29. The third kappa shape index (κ3) is 3.93. The van der Waals surface area contributed by atoms with Gasteiger partial charge in [0.05, 0.1) is 0 Å². The summed E-state index contributed by atoms with van der Waals surface area (Å²) in [6.45, 7) is 5.49. The number of nitrogens with two attached hydrogens (primary N) is 1. The molecule has 0 amide bonds. The van der Waals surface area contributed by atoms with Gasteiger partial charge in [-0.2, -0.15) is 0 Å². The van der Waals surface area contributed by atoms with Crippen molar-refractivity contribution >= 4 is 5.97 Å². The Morgan fingerprint density at radius 3 is 2.67 bits per heavy atom. The second-order valence-corrected chi connectivity index (χ2v) is 2.55. The van der Waals surface area contributed by atoms with Gasteiger partial charge in [0.15, 0.2) is 0 Å². The van der Waals surface area contributed by atoms with E-state index in [9.17, 15) is 4.79 Å². The molecule has 0 aromatic carbocycles. The van der Waals surface area contributed by atoms with E-state index in [0.29, 0.717) is 12.8 Å². The van der Waals surface area contributed by atoms with Crippen LogP contribution in [0.2, 0.25) is 0 Å². The van der Waals surface area contributed by atoms with Crippen LogP contribution in [-0.4, -0.2) is 17.1 Å². The molecular formula is C9H15NO2. The Balaban J connectivity index is 3.82. The van der Waals surface area contributed by atoms with Crippen molar-refractivity contribution in [2.75, 3.05) is 0 Å². The van der Waals surface area contributed by atoms with Crippen LogP contribution in [-0.2, 0) is 4.79 Å². The summed E-state index contributed by atoms with van der Waals surface area (Å²) in [5, 5.41) is 8.47. The summed E-state index contributed by atoms with van der Waals surface area (Å²) in [4.78, 5) is 10.3. The molecule has 3 N–H and O–H groups in total. The summed E-state index contributed by atoms with van der Waals surface area (Å²) < 4.78 is 0. The minimum absolute atomic E-state index is 0.459. The van der Waals surface area contributed by atoms with Gasteiger partial charge < -0.3 is 10.8 Å². The predicted molar refractivity (Wildman–Crippen MR) is 48.8 cm³/mol. The van der Waals surface area contributed by atoms with Crippen LogP contribution in [0, 0.1) is 0 Å². The molecule has 0 heterocycles. The normalized spacial score (nSPS) is 14.0. The van der Waals surface area contributed by atoms with Crippen molar-refractivity contribution in [1.82, 2.24) is 0 Å². The smallest absolute Gasteiger partial charge is 0.320 e. The molecule has 12 heavy (non-hydrogen) atoms. The number of allylic oxidation sites excluding steroid dienone is 3. The van der Waals surface area contributed by atoms with Gasteiger partial charge in [-0.15, -0.1) is 0 Å². The molecule has 0 saturated heterocycles. The fourth-order valence-electron chi connectivity index (χ4n) is 0.810. The van der Waals surface area contributed by atoms with Crippen LogP contribution in [0.25, 0.3) is 0 Å². The average molecular weight is 169 g/mol. The zero-order valence-electron chi connectivity index (χ0n) is 7.29. The Morgan fingerprint density at radius 2 is 2.33 bits per heavy atom. The number of rotatable bonds is 5. The summed E-state index contributed by atoms with van der Waals surface area (Å²) in [6.07, 6.45) is 4.75. The monoisotopic (exact) mass is 169 g/mol. The zero-order chi connectivity index (χ0) is 9.56. The van der Waals surface area contributed by atoms with Gasteiger partial charge in [-0.25, -0.2) is 0 Å². The summed E-state index contributed by atoms with van der Waals surface area (Å²) in [6, 6.07) is -0.764. The van der Waals surface area contributed by atoms with Gasteiger partial charge in [0.25, 0.3) is 0 Å². The summed E-state index contributed by atoms with van der Waals surface area (Å²) >= 11 is 0. The first-order valence-electron chi connectivity index (χ1n) is 3.87. The van der Waals surface area contributed by atoms with Crippen molar-refractivity contribution in [1.29, 1.82) is 0 Å². The molecule has 0 aliphatic heterocycles. The highest BCUT2D eigenvalue weighted by Gasteiger charge is 2.10. The number of hydrogen-bond acceptors (Lipinski definition) is 2. The summed E-state index contributed by atoms with van der Waals surface area (Å²) in [5.74, 6) is -0.950. The summed E-state index contributed by atoms with van der Waals surface area (Å²) in [7, 11) is 0. The number of carboxylic acid groups (broad SMARTS) is 1. The fraction of sp³-hybridized carbons (Fsp3) is 0.444. The number of carboxylic acids is 1. The first-order valence-corrected chi connectivity index (χ1v) is 3.87. The van der Waals surface area contributed by atoms with Crippen molar-refractivity contribution in [2.24, 2.45) is 5.73 Å². The second-order valence-electron chi connectivity index (χ2n) is 2.55. The van der Waals surface area contributed by atoms with Crippen molar-refractivity contribution < 1.29 is 9.90 Å². The van der Waals surface area contributed by atoms with E-state index in [1.165, 1.54) is 0 Å². The van der Waals surface area contributed by atoms with Gasteiger partial charge >= 0.3 is 5.97 Å². The molecule has 0 radical (unpaired) electrons. The molecule has 3 nitrogen and oxygen atoms in total. The molecule has 0 aliphatic carbocycles. The van der Waals surface area contributed by atoms with Gasteiger partial charge in [0, 0.05) is 0 Å². The third-order valence-corrected chi connectivity index (χ3v) is 1.69. The van der Waals surface area contributed by atoms with Crippen LogP contribution in [0.15, 0.2) is 24.3 Å². The largest absolute Gasteiger partial charge is 0.480 e. The Hall–Kier alpha value is -1.09. The lowest BCUT2D eigenvalue weighted by Gasteiger charge is -2.05. The highest BCUT2D eigenvalue weighted by atomic mass is 16.4. The standard InChI is InChI=1S/C9H15NO2/c1-3-7(4-2)5-6-8(10)9(11)12/h3-4,8H,1,5-6,10H2,2H3,(H,11,12). The van der Waals surface area contributed by atoms with E-state index in [1.807, 2.05) is 13.0 Å². The van der Waals surface area contributed by atoms with Crippen LogP contribution >= 0.6 is 0 Å². The van der Waals surface area contributed by atoms with Gasteiger partial charge in [0.1, 0.15) is 6.04 Å². The maximum atomic E-state index is 10.3. The average Bonchev–Trinajstić information content (AvgIpc) is 2.05. The molecule has 0 saturated carbocycles.